The lowest BCUT2D eigenvalue weighted by molar-refractivity contribution is -0.132. The molecule has 0 atom stereocenters. The lowest BCUT2D eigenvalue weighted by Gasteiger charge is -2.23. The third kappa shape index (κ3) is 3.34. The highest BCUT2D eigenvalue weighted by Gasteiger charge is 2.34. The van der Waals surface area contributed by atoms with Crippen LogP contribution in [0.15, 0.2) is 36.5 Å². The van der Waals surface area contributed by atoms with E-state index in [1.165, 1.54) is 0 Å². The number of fused-ring (bicyclic) bond motifs is 1. The Bertz CT molecular complexity index is 1040. The van der Waals surface area contributed by atoms with Crippen molar-refractivity contribution >= 4 is 22.8 Å². The third-order valence-corrected chi connectivity index (χ3v) is 5.94. The summed E-state index contributed by atoms with van der Waals surface area (Å²) in [5.74, 6) is 2.36. The first-order valence-electron chi connectivity index (χ1n) is 10.6. The van der Waals surface area contributed by atoms with E-state index in [0.717, 1.165) is 80.2 Å². The van der Waals surface area contributed by atoms with Crippen molar-refractivity contribution in [2.24, 2.45) is 5.92 Å². The van der Waals surface area contributed by atoms with E-state index in [9.17, 15) is 4.79 Å². The monoisotopic (exact) mass is 390 g/mol. The van der Waals surface area contributed by atoms with Crippen molar-refractivity contribution in [2.75, 3.05) is 31.1 Å². The number of benzene rings is 1. The normalized spacial score (nSPS) is 17.6. The number of carbonyl (C=O) groups excluding carboxylic acids is 1. The molecule has 0 bridgehead atoms. The number of para-hydroxylation sites is 1. The molecule has 2 fully saturated rings. The van der Waals surface area contributed by atoms with Crippen molar-refractivity contribution in [3.8, 4) is 11.4 Å². The highest BCUT2D eigenvalue weighted by molar-refractivity contribution is 5.91. The number of carbonyl (C=O) groups is 1. The van der Waals surface area contributed by atoms with Gasteiger partial charge in [-0.1, -0.05) is 18.2 Å². The van der Waals surface area contributed by atoms with Crippen LogP contribution in [0.5, 0.6) is 0 Å². The maximum Gasteiger partial charge on any atom is 0.227 e. The van der Waals surface area contributed by atoms with Crippen LogP contribution in [0.1, 0.15) is 26.2 Å². The average molecular weight is 390 g/mol. The predicted molar refractivity (Wildman–Crippen MR) is 113 cm³/mol. The first-order chi connectivity index (χ1) is 14.3. The number of aromatic nitrogens is 4. The van der Waals surface area contributed by atoms with Gasteiger partial charge in [0, 0.05) is 55.8 Å². The van der Waals surface area contributed by atoms with Crippen LogP contribution in [0.3, 0.4) is 0 Å². The van der Waals surface area contributed by atoms with Crippen molar-refractivity contribution in [1.82, 2.24) is 24.6 Å². The Morgan fingerprint density at radius 3 is 2.76 bits per heavy atom. The summed E-state index contributed by atoms with van der Waals surface area (Å²) in [4.78, 5) is 21.4. The van der Waals surface area contributed by atoms with Crippen molar-refractivity contribution in [3.05, 3.63) is 36.5 Å². The molecule has 1 aliphatic heterocycles. The number of hydrogen-bond donors (Lipinski definition) is 0. The number of pyridine rings is 1. The van der Waals surface area contributed by atoms with Gasteiger partial charge in [0.2, 0.25) is 11.9 Å². The highest BCUT2D eigenvalue weighted by atomic mass is 16.2. The molecule has 7 nitrogen and oxygen atoms in total. The summed E-state index contributed by atoms with van der Waals surface area (Å²) in [5.41, 5.74) is 1.95. The summed E-state index contributed by atoms with van der Waals surface area (Å²) < 4.78 is 2.17. The van der Waals surface area contributed by atoms with E-state index in [1.807, 2.05) is 23.2 Å². The Hall–Kier alpha value is -2.96. The van der Waals surface area contributed by atoms with Gasteiger partial charge in [0.25, 0.3) is 0 Å². The lowest BCUT2D eigenvalue weighted by atomic mass is 10.1. The van der Waals surface area contributed by atoms with Crippen molar-refractivity contribution in [1.29, 1.82) is 0 Å². The Balaban J connectivity index is 1.45. The number of rotatable bonds is 4. The Kier molecular flexibility index (Phi) is 4.66. The second-order valence-electron chi connectivity index (χ2n) is 7.89. The highest BCUT2D eigenvalue weighted by Crippen LogP contribution is 2.32. The molecule has 1 aromatic carbocycles. The summed E-state index contributed by atoms with van der Waals surface area (Å²) in [6, 6.07) is 10.2. The first-order valence-corrected chi connectivity index (χ1v) is 10.6. The van der Waals surface area contributed by atoms with Crippen LogP contribution in [0.2, 0.25) is 0 Å². The fourth-order valence-corrected chi connectivity index (χ4v) is 4.23. The van der Waals surface area contributed by atoms with E-state index >= 15 is 0 Å². The summed E-state index contributed by atoms with van der Waals surface area (Å²) in [6.07, 6.45) is 4.90. The summed E-state index contributed by atoms with van der Waals surface area (Å²) in [7, 11) is 0. The van der Waals surface area contributed by atoms with Crippen LogP contribution in [-0.2, 0) is 11.3 Å². The van der Waals surface area contributed by atoms with Crippen LogP contribution in [0, 0.1) is 5.92 Å². The van der Waals surface area contributed by atoms with Gasteiger partial charge in [0.1, 0.15) is 0 Å². The molecule has 7 heteroatoms. The van der Waals surface area contributed by atoms with Gasteiger partial charge in [-0.3, -0.25) is 14.3 Å². The van der Waals surface area contributed by atoms with Gasteiger partial charge in [0.15, 0.2) is 5.82 Å². The molecule has 5 rings (SSSR count). The summed E-state index contributed by atoms with van der Waals surface area (Å²) in [5, 5.41) is 10.2. The fourth-order valence-electron chi connectivity index (χ4n) is 4.23. The molecule has 3 aromatic rings. The molecule has 1 saturated heterocycles. The summed E-state index contributed by atoms with van der Waals surface area (Å²) >= 11 is 0. The van der Waals surface area contributed by atoms with Crippen LogP contribution >= 0.6 is 0 Å². The molecule has 3 heterocycles. The minimum absolute atomic E-state index is 0.284. The zero-order valence-corrected chi connectivity index (χ0v) is 16.8. The Morgan fingerprint density at radius 1 is 1.07 bits per heavy atom. The van der Waals surface area contributed by atoms with Crippen molar-refractivity contribution in [2.45, 2.75) is 32.7 Å². The maximum atomic E-state index is 12.5. The molecule has 150 valence electrons. The minimum Gasteiger partial charge on any atom is -0.341 e. The van der Waals surface area contributed by atoms with Gasteiger partial charge in [-0.2, -0.15) is 0 Å². The second-order valence-corrected chi connectivity index (χ2v) is 7.89. The van der Waals surface area contributed by atoms with Gasteiger partial charge in [-0.05, 0) is 38.3 Å². The van der Waals surface area contributed by atoms with E-state index in [4.69, 9.17) is 0 Å². The zero-order chi connectivity index (χ0) is 19.8. The predicted octanol–water partition coefficient (Wildman–Crippen LogP) is 2.96. The molecule has 0 radical (unpaired) electrons. The zero-order valence-electron chi connectivity index (χ0n) is 16.8. The molecule has 2 aliphatic rings. The second kappa shape index (κ2) is 7.46. The quantitative estimate of drug-likeness (QED) is 0.685. The molecule has 2 aromatic heterocycles. The van der Waals surface area contributed by atoms with Gasteiger partial charge >= 0.3 is 0 Å². The molecule has 0 N–H and O–H groups in total. The van der Waals surface area contributed by atoms with E-state index in [-0.39, 0.29) is 5.92 Å². The van der Waals surface area contributed by atoms with E-state index in [2.05, 4.69) is 49.8 Å². The smallest absolute Gasteiger partial charge is 0.227 e. The molecule has 0 unspecified atom stereocenters. The van der Waals surface area contributed by atoms with Crippen LogP contribution < -0.4 is 4.90 Å². The van der Waals surface area contributed by atoms with E-state index < -0.39 is 0 Å². The van der Waals surface area contributed by atoms with Crippen molar-refractivity contribution in [3.63, 3.8) is 0 Å². The molecule has 0 spiro atoms. The van der Waals surface area contributed by atoms with Gasteiger partial charge in [0.05, 0.1) is 5.52 Å². The van der Waals surface area contributed by atoms with Crippen LogP contribution in [0.4, 0.5) is 5.95 Å². The number of amides is 1. The Morgan fingerprint density at radius 2 is 1.93 bits per heavy atom. The molecule has 1 saturated carbocycles. The molecule has 1 aliphatic carbocycles. The van der Waals surface area contributed by atoms with E-state index in [1.54, 1.807) is 0 Å². The standard InChI is InChI=1S/C22H26N6O/c1-2-28-20(18-8-3-6-16-7-4-11-23-19(16)18)24-25-22(28)27-13-5-12-26(14-15-27)21(29)17-9-10-17/h3-4,6-8,11,17H,2,5,9-10,12-15H2,1H3. The number of hydrogen-bond acceptors (Lipinski definition) is 5. The average Bonchev–Trinajstić information content (AvgIpc) is 3.56. The maximum absolute atomic E-state index is 12.5. The lowest BCUT2D eigenvalue weighted by Crippen LogP contribution is -2.36. The Labute approximate surface area is 170 Å². The van der Waals surface area contributed by atoms with Gasteiger partial charge < -0.3 is 9.80 Å². The van der Waals surface area contributed by atoms with Gasteiger partial charge in [-0.15, -0.1) is 10.2 Å². The SMILES string of the molecule is CCn1c(-c2cccc3cccnc23)nnc1N1CCCN(C(=O)C2CC2)CC1. The van der Waals surface area contributed by atoms with E-state index in [0.29, 0.717) is 5.91 Å². The molecule has 29 heavy (non-hydrogen) atoms. The topological polar surface area (TPSA) is 67.2 Å². The van der Waals surface area contributed by atoms with Crippen LogP contribution in [0.25, 0.3) is 22.3 Å². The third-order valence-electron chi connectivity index (χ3n) is 5.94. The van der Waals surface area contributed by atoms with Gasteiger partial charge in [-0.25, -0.2) is 0 Å². The number of nitrogens with zero attached hydrogens (tertiary/aromatic N) is 6. The molecular formula is C22H26N6O. The fraction of sp³-hybridized carbons (Fsp3) is 0.455. The first kappa shape index (κ1) is 18.1. The largest absolute Gasteiger partial charge is 0.341 e. The minimum atomic E-state index is 0.284. The summed E-state index contributed by atoms with van der Waals surface area (Å²) in [6.45, 7) is 6.19. The molecule has 1 amide bonds. The van der Waals surface area contributed by atoms with Crippen LogP contribution in [-0.4, -0.2) is 56.7 Å². The number of anilines is 1. The van der Waals surface area contributed by atoms with Crippen molar-refractivity contribution < 1.29 is 4.79 Å². The molecular weight excluding hydrogens is 364 g/mol.